The van der Waals surface area contributed by atoms with Crippen molar-refractivity contribution in [2.45, 2.75) is 23.8 Å². The number of para-hydroxylation sites is 1. The van der Waals surface area contributed by atoms with Crippen LogP contribution >= 0.6 is 11.8 Å². The maximum atomic E-state index is 13.1. The van der Waals surface area contributed by atoms with E-state index in [1.54, 1.807) is 12.0 Å². The van der Waals surface area contributed by atoms with Gasteiger partial charge in [-0.1, -0.05) is 24.3 Å². The summed E-state index contributed by atoms with van der Waals surface area (Å²) >= 11 is 1.53. The second-order valence-corrected chi connectivity index (χ2v) is 7.77. The summed E-state index contributed by atoms with van der Waals surface area (Å²) in [6.07, 6.45) is 1.92. The fraction of sp³-hybridized carbons (Fsp3) is 0.333. The normalized spacial score (nSPS) is 19.1. The molecule has 0 saturated carbocycles. The van der Waals surface area contributed by atoms with Gasteiger partial charge in [0.2, 0.25) is 11.8 Å². The van der Waals surface area contributed by atoms with E-state index in [0.29, 0.717) is 5.75 Å². The first-order valence-electron chi connectivity index (χ1n) is 9.13. The van der Waals surface area contributed by atoms with Crippen LogP contribution in [0, 0.1) is 0 Å². The standard InChI is InChI=1S/C21H22N2O3S/c1-26-16-10-8-15(9-11-16)17-6-4-12-22(17)20(24)13-23-18-5-2-3-7-19(18)27-14-21(23)25/h2-3,5,7-11,17H,4,6,12-14H2,1H3. The molecule has 0 radical (unpaired) electrons. The van der Waals surface area contributed by atoms with Crippen LogP contribution in [0.1, 0.15) is 24.4 Å². The molecule has 1 unspecified atom stereocenters. The maximum absolute atomic E-state index is 13.1. The van der Waals surface area contributed by atoms with Crippen molar-refractivity contribution < 1.29 is 14.3 Å². The van der Waals surface area contributed by atoms with Crippen LogP contribution in [0.25, 0.3) is 0 Å². The summed E-state index contributed by atoms with van der Waals surface area (Å²) in [5.41, 5.74) is 1.95. The van der Waals surface area contributed by atoms with Gasteiger partial charge in [0.25, 0.3) is 0 Å². The predicted molar refractivity (Wildman–Crippen MR) is 106 cm³/mol. The molecule has 2 amide bonds. The topological polar surface area (TPSA) is 49.9 Å². The van der Waals surface area contributed by atoms with E-state index in [1.807, 2.05) is 53.4 Å². The van der Waals surface area contributed by atoms with E-state index in [0.717, 1.165) is 41.3 Å². The zero-order valence-electron chi connectivity index (χ0n) is 15.3. The highest BCUT2D eigenvalue weighted by molar-refractivity contribution is 8.00. The summed E-state index contributed by atoms with van der Waals surface area (Å²) in [5.74, 6) is 1.19. The average molecular weight is 382 g/mol. The van der Waals surface area contributed by atoms with Crippen molar-refractivity contribution in [2.24, 2.45) is 0 Å². The van der Waals surface area contributed by atoms with Gasteiger partial charge in [-0.3, -0.25) is 9.59 Å². The number of hydrogen-bond donors (Lipinski definition) is 0. The number of carbonyl (C=O) groups is 2. The first kappa shape index (κ1) is 17.9. The van der Waals surface area contributed by atoms with Gasteiger partial charge >= 0.3 is 0 Å². The van der Waals surface area contributed by atoms with Crippen molar-refractivity contribution in [2.75, 3.05) is 30.9 Å². The molecule has 0 spiro atoms. The Morgan fingerprint density at radius 1 is 1.19 bits per heavy atom. The summed E-state index contributed by atoms with van der Waals surface area (Å²) < 4.78 is 5.23. The fourth-order valence-electron chi connectivity index (χ4n) is 3.79. The Hall–Kier alpha value is -2.47. The Balaban J connectivity index is 1.53. The molecule has 27 heavy (non-hydrogen) atoms. The van der Waals surface area contributed by atoms with Crippen LogP contribution in [0.3, 0.4) is 0 Å². The lowest BCUT2D eigenvalue weighted by Crippen LogP contribution is -2.44. The number of hydrogen-bond acceptors (Lipinski definition) is 4. The number of carbonyl (C=O) groups excluding carboxylic acids is 2. The Bertz CT molecular complexity index is 853. The third-order valence-corrected chi connectivity index (χ3v) is 6.22. The van der Waals surface area contributed by atoms with Crippen molar-refractivity contribution in [1.29, 1.82) is 0 Å². The molecular weight excluding hydrogens is 360 g/mol. The van der Waals surface area contributed by atoms with Crippen LogP contribution in [0.15, 0.2) is 53.4 Å². The van der Waals surface area contributed by atoms with Crippen molar-refractivity contribution in [3.8, 4) is 5.75 Å². The summed E-state index contributed by atoms with van der Waals surface area (Å²) in [6.45, 7) is 0.830. The van der Waals surface area contributed by atoms with E-state index in [1.165, 1.54) is 11.8 Å². The molecule has 1 fully saturated rings. The first-order chi connectivity index (χ1) is 13.2. The molecule has 5 nitrogen and oxygen atoms in total. The lowest BCUT2D eigenvalue weighted by Gasteiger charge is -2.32. The van der Waals surface area contributed by atoms with Gasteiger partial charge in [-0.25, -0.2) is 0 Å². The summed E-state index contributed by atoms with van der Waals surface area (Å²) in [7, 11) is 1.65. The SMILES string of the molecule is COc1ccc(C2CCCN2C(=O)CN2C(=O)CSc3ccccc32)cc1. The molecule has 2 aromatic carbocycles. The fourth-order valence-corrected chi connectivity index (χ4v) is 4.73. The molecule has 1 atom stereocenters. The van der Waals surface area contributed by atoms with E-state index in [2.05, 4.69) is 0 Å². The first-order valence-corrected chi connectivity index (χ1v) is 10.1. The molecule has 0 bridgehead atoms. The molecule has 2 heterocycles. The largest absolute Gasteiger partial charge is 0.497 e. The Morgan fingerprint density at radius 3 is 2.74 bits per heavy atom. The zero-order valence-corrected chi connectivity index (χ0v) is 16.1. The Morgan fingerprint density at radius 2 is 1.96 bits per heavy atom. The molecule has 6 heteroatoms. The van der Waals surface area contributed by atoms with Gasteiger partial charge in [-0.15, -0.1) is 11.8 Å². The van der Waals surface area contributed by atoms with Gasteiger partial charge in [0, 0.05) is 11.4 Å². The van der Waals surface area contributed by atoms with E-state index in [-0.39, 0.29) is 24.4 Å². The van der Waals surface area contributed by atoms with Crippen molar-refractivity contribution in [1.82, 2.24) is 4.90 Å². The summed E-state index contributed by atoms with van der Waals surface area (Å²) in [5, 5.41) is 0. The minimum Gasteiger partial charge on any atom is -0.497 e. The van der Waals surface area contributed by atoms with E-state index < -0.39 is 0 Å². The van der Waals surface area contributed by atoms with Crippen LogP contribution < -0.4 is 9.64 Å². The molecule has 4 rings (SSSR count). The van der Waals surface area contributed by atoms with Gasteiger partial charge < -0.3 is 14.5 Å². The number of methoxy groups -OCH3 is 1. The van der Waals surface area contributed by atoms with Crippen LogP contribution in [0.4, 0.5) is 5.69 Å². The van der Waals surface area contributed by atoms with Gasteiger partial charge in [0.05, 0.1) is 24.6 Å². The second kappa shape index (κ2) is 7.64. The highest BCUT2D eigenvalue weighted by Gasteiger charge is 2.33. The Labute approximate surface area is 163 Å². The van der Waals surface area contributed by atoms with E-state index in [9.17, 15) is 9.59 Å². The minimum atomic E-state index is -0.00718. The van der Waals surface area contributed by atoms with E-state index >= 15 is 0 Å². The number of fused-ring (bicyclic) bond motifs is 1. The summed E-state index contributed by atoms with van der Waals surface area (Å²) in [4.78, 5) is 30.1. The van der Waals surface area contributed by atoms with Gasteiger partial charge in [-0.05, 0) is 42.7 Å². The maximum Gasteiger partial charge on any atom is 0.243 e. The third-order valence-electron chi connectivity index (χ3n) is 5.18. The highest BCUT2D eigenvalue weighted by atomic mass is 32.2. The molecule has 2 aliphatic heterocycles. The number of anilines is 1. The molecule has 0 N–H and O–H groups in total. The molecule has 2 aliphatic rings. The smallest absolute Gasteiger partial charge is 0.243 e. The summed E-state index contributed by atoms with van der Waals surface area (Å²) in [6, 6.07) is 15.7. The zero-order chi connectivity index (χ0) is 18.8. The van der Waals surface area contributed by atoms with E-state index in [4.69, 9.17) is 4.74 Å². The molecule has 0 aromatic heterocycles. The number of ether oxygens (including phenoxy) is 1. The van der Waals surface area contributed by atoms with Crippen LogP contribution in [0.2, 0.25) is 0 Å². The third kappa shape index (κ3) is 3.54. The predicted octanol–water partition coefficient (Wildman–Crippen LogP) is 3.50. The quantitative estimate of drug-likeness (QED) is 0.812. The number of rotatable bonds is 4. The van der Waals surface area contributed by atoms with Crippen molar-refractivity contribution in [3.63, 3.8) is 0 Å². The van der Waals surface area contributed by atoms with Gasteiger partial charge in [0.1, 0.15) is 12.3 Å². The average Bonchev–Trinajstić information content (AvgIpc) is 3.20. The number of thioether (sulfide) groups is 1. The molecular formula is C21H22N2O3S. The molecule has 140 valence electrons. The van der Waals surface area contributed by atoms with Gasteiger partial charge in [-0.2, -0.15) is 0 Å². The minimum absolute atomic E-state index is 0.00312. The lowest BCUT2D eigenvalue weighted by atomic mass is 10.0. The molecule has 2 aromatic rings. The second-order valence-electron chi connectivity index (χ2n) is 6.75. The molecule has 1 saturated heterocycles. The van der Waals surface area contributed by atoms with Crippen LogP contribution in [0.5, 0.6) is 5.75 Å². The molecule has 0 aliphatic carbocycles. The number of nitrogens with zero attached hydrogens (tertiary/aromatic N) is 2. The number of benzene rings is 2. The Kier molecular flexibility index (Phi) is 5.07. The van der Waals surface area contributed by atoms with Crippen molar-refractivity contribution in [3.05, 3.63) is 54.1 Å². The lowest BCUT2D eigenvalue weighted by molar-refractivity contribution is -0.132. The number of likely N-dealkylation sites (tertiary alicyclic amines) is 1. The van der Waals surface area contributed by atoms with Crippen LogP contribution in [-0.4, -0.2) is 42.7 Å². The van der Waals surface area contributed by atoms with Crippen molar-refractivity contribution >= 4 is 29.3 Å². The van der Waals surface area contributed by atoms with Crippen LogP contribution in [-0.2, 0) is 9.59 Å². The number of amides is 2. The highest BCUT2D eigenvalue weighted by Crippen LogP contribution is 2.36. The van der Waals surface area contributed by atoms with Gasteiger partial charge in [0.15, 0.2) is 0 Å². The monoisotopic (exact) mass is 382 g/mol.